The van der Waals surface area contributed by atoms with E-state index in [1.54, 1.807) is 12.4 Å². The van der Waals surface area contributed by atoms with Crippen molar-refractivity contribution in [3.63, 3.8) is 0 Å². The third-order valence-corrected chi connectivity index (χ3v) is 6.81. The molecule has 0 aromatic carbocycles. The second-order valence-electron chi connectivity index (χ2n) is 8.62. The zero-order valence-corrected chi connectivity index (χ0v) is 16.1. The summed E-state index contributed by atoms with van der Waals surface area (Å²) in [5.41, 5.74) is 3.09. The highest BCUT2D eigenvalue weighted by Crippen LogP contribution is 2.37. The average Bonchev–Trinajstić information content (AvgIpc) is 2.70. The molecule has 0 spiro atoms. The van der Waals surface area contributed by atoms with Gasteiger partial charge in [0.25, 0.3) is 5.56 Å². The largest absolute Gasteiger partial charge is 0.311 e. The van der Waals surface area contributed by atoms with Crippen molar-refractivity contribution >= 4 is 0 Å². The minimum absolute atomic E-state index is 0.156. The van der Waals surface area contributed by atoms with Crippen LogP contribution in [0.5, 0.6) is 0 Å². The molecule has 0 saturated carbocycles. The highest BCUT2D eigenvalue weighted by Gasteiger charge is 2.37. The van der Waals surface area contributed by atoms with Gasteiger partial charge in [-0.25, -0.2) is 0 Å². The first kappa shape index (κ1) is 17.1. The smallest absolute Gasteiger partial charge is 0.258 e. The van der Waals surface area contributed by atoms with Gasteiger partial charge in [-0.3, -0.25) is 14.7 Å². The summed E-state index contributed by atoms with van der Waals surface area (Å²) in [4.78, 5) is 22.5. The summed E-state index contributed by atoms with van der Waals surface area (Å²) in [6, 6.07) is 8.80. The zero-order chi connectivity index (χ0) is 18.4. The van der Waals surface area contributed by atoms with Crippen molar-refractivity contribution in [3.8, 4) is 11.1 Å². The number of hydrogen-bond acceptors (Lipinski definition) is 4. The number of aromatic nitrogens is 2. The maximum absolute atomic E-state index is 13.2. The fourth-order valence-corrected chi connectivity index (χ4v) is 5.38. The monoisotopic (exact) mass is 364 g/mol. The normalized spacial score (nSPS) is 26.7. The van der Waals surface area contributed by atoms with E-state index in [2.05, 4.69) is 32.5 Å². The first-order chi connectivity index (χ1) is 13.2. The summed E-state index contributed by atoms with van der Waals surface area (Å²) in [5, 5.41) is 0. The fourth-order valence-electron chi connectivity index (χ4n) is 5.38. The van der Waals surface area contributed by atoms with Crippen LogP contribution in [0.2, 0.25) is 0 Å². The lowest BCUT2D eigenvalue weighted by atomic mass is 9.81. The molecule has 3 aliphatic rings. The van der Waals surface area contributed by atoms with Crippen molar-refractivity contribution in [1.82, 2.24) is 19.4 Å². The Hall–Kier alpha value is -1.98. The van der Waals surface area contributed by atoms with E-state index in [9.17, 15) is 4.79 Å². The average molecular weight is 364 g/mol. The van der Waals surface area contributed by atoms with E-state index < -0.39 is 0 Å². The van der Waals surface area contributed by atoms with Crippen LogP contribution in [0.25, 0.3) is 11.1 Å². The van der Waals surface area contributed by atoms with E-state index in [0.29, 0.717) is 11.8 Å². The highest BCUT2D eigenvalue weighted by atomic mass is 16.1. The molecule has 2 atom stereocenters. The molecule has 2 aromatic heterocycles. The third-order valence-electron chi connectivity index (χ3n) is 6.81. The maximum atomic E-state index is 13.2. The predicted molar refractivity (Wildman–Crippen MR) is 107 cm³/mol. The number of piperidine rings is 2. The Labute approximate surface area is 160 Å². The Kier molecular flexibility index (Phi) is 4.37. The van der Waals surface area contributed by atoms with E-state index in [0.717, 1.165) is 36.8 Å². The number of hydrogen-bond donors (Lipinski definition) is 0. The van der Waals surface area contributed by atoms with Crippen molar-refractivity contribution in [3.05, 3.63) is 52.7 Å². The van der Waals surface area contributed by atoms with Gasteiger partial charge in [-0.1, -0.05) is 6.07 Å². The summed E-state index contributed by atoms with van der Waals surface area (Å²) in [7, 11) is 2.23. The first-order valence-electron chi connectivity index (χ1n) is 10.3. The molecule has 27 heavy (non-hydrogen) atoms. The number of fused-ring (bicyclic) bond motifs is 4. The van der Waals surface area contributed by atoms with Gasteiger partial charge in [0, 0.05) is 60.8 Å². The van der Waals surface area contributed by atoms with Gasteiger partial charge in [0.2, 0.25) is 0 Å². The van der Waals surface area contributed by atoms with Crippen LogP contribution in [0, 0.1) is 5.92 Å². The van der Waals surface area contributed by atoms with Gasteiger partial charge in [-0.15, -0.1) is 0 Å². The molecular formula is C22H28N4O. The first-order valence-corrected chi connectivity index (χ1v) is 10.3. The van der Waals surface area contributed by atoms with Crippen LogP contribution in [0.15, 0.2) is 41.5 Å². The summed E-state index contributed by atoms with van der Waals surface area (Å²) in [6.07, 6.45) is 7.33. The molecule has 2 fully saturated rings. The van der Waals surface area contributed by atoms with Gasteiger partial charge in [-0.05, 0) is 63.5 Å². The molecule has 2 aromatic rings. The Morgan fingerprint density at radius 1 is 1.07 bits per heavy atom. The number of nitrogens with zero attached hydrogens (tertiary/aromatic N) is 4. The fraction of sp³-hybridized carbons (Fsp3) is 0.545. The lowest BCUT2D eigenvalue weighted by molar-refractivity contribution is 0.0517. The molecule has 2 bridgehead atoms. The van der Waals surface area contributed by atoms with Crippen LogP contribution >= 0.6 is 0 Å². The minimum atomic E-state index is 0.156. The molecule has 5 heteroatoms. The molecule has 0 N–H and O–H groups in total. The topological polar surface area (TPSA) is 41.4 Å². The van der Waals surface area contributed by atoms with Gasteiger partial charge in [0.05, 0.1) is 0 Å². The second kappa shape index (κ2) is 6.88. The predicted octanol–water partition coefficient (Wildman–Crippen LogP) is 2.42. The van der Waals surface area contributed by atoms with Gasteiger partial charge < -0.3 is 9.47 Å². The zero-order valence-electron chi connectivity index (χ0n) is 16.1. The van der Waals surface area contributed by atoms with Crippen LogP contribution < -0.4 is 5.56 Å². The Morgan fingerprint density at radius 2 is 1.93 bits per heavy atom. The van der Waals surface area contributed by atoms with Gasteiger partial charge in [-0.2, -0.15) is 0 Å². The summed E-state index contributed by atoms with van der Waals surface area (Å²) in [6.45, 7) is 5.54. The minimum Gasteiger partial charge on any atom is -0.311 e. The molecule has 0 unspecified atom stereocenters. The molecular weight excluding hydrogens is 336 g/mol. The molecule has 5 rings (SSSR count). The molecule has 2 saturated heterocycles. The Balaban J connectivity index is 1.43. The van der Waals surface area contributed by atoms with E-state index in [1.807, 2.05) is 18.2 Å². The SMILES string of the molecule is CN1CCC(N2C[C@@H]3C[C@H](C2)c2ccc(-c4cccnc4)c(=O)n2C3)CC1. The van der Waals surface area contributed by atoms with E-state index >= 15 is 0 Å². The molecule has 5 nitrogen and oxygen atoms in total. The van der Waals surface area contributed by atoms with Crippen LogP contribution in [0.4, 0.5) is 0 Å². The van der Waals surface area contributed by atoms with Gasteiger partial charge >= 0.3 is 0 Å². The van der Waals surface area contributed by atoms with Crippen LogP contribution in [0.1, 0.15) is 30.9 Å². The van der Waals surface area contributed by atoms with Crippen molar-refractivity contribution in [2.75, 3.05) is 33.2 Å². The van der Waals surface area contributed by atoms with Crippen LogP contribution in [-0.4, -0.2) is 58.6 Å². The summed E-state index contributed by atoms with van der Waals surface area (Å²) in [5.74, 6) is 1.09. The van der Waals surface area contributed by atoms with E-state index in [-0.39, 0.29) is 5.56 Å². The van der Waals surface area contributed by atoms with Crippen molar-refractivity contribution < 1.29 is 0 Å². The summed E-state index contributed by atoms with van der Waals surface area (Å²) < 4.78 is 2.06. The maximum Gasteiger partial charge on any atom is 0.258 e. The summed E-state index contributed by atoms with van der Waals surface area (Å²) >= 11 is 0. The standard InChI is InChI=1S/C22H28N4O/c1-24-9-6-19(7-10-24)25-13-16-11-18(15-25)21-5-4-20(22(27)26(21)14-16)17-3-2-8-23-12-17/h2-5,8,12,16,18-19H,6-7,9-11,13-15H2,1H3/t16-,18+/m0/s1. The van der Waals surface area contributed by atoms with Crippen molar-refractivity contribution in [1.29, 1.82) is 0 Å². The second-order valence-corrected chi connectivity index (χ2v) is 8.62. The van der Waals surface area contributed by atoms with Gasteiger partial charge in [0.15, 0.2) is 0 Å². The van der Waals surface area contributed by atoms with E-state index in [1.165, 1.54) is 38.0 Å². The number of pyridine rings is 2. The third kappa shape index (κ3) is 3.13. The molecule has 0 aliphatic carbocycles. The lowest BCUT2D eigenvalue weighted by Crippen LogP contribution is -2.53. The number of likely N-dealkylation sites (tertiary alicyclic amines) is 2. The molecule has 0 amide bonds. The van der Waals surface area contributed by atoms with Crippen molar-refractivity contribution in [2.24, 2.45) is 5.92 Å². The van der Waals surface area contributed by atoms with Crippen LogP contribution in [-0.2, 0) is 6.54 Å². The molecule has 142 valence electrons. The van der Waals surface area contributed by atoms with E-state index in [4.69, 9.17) is 0 Å². The quantitative estimate of drug-likeness (QED) is 0.821. The van der Waals surface area contributed by atoms with Crippen molar-refractivity contribution in [2.45, 2.75) is 37.8 Å². The molecule has 3 aliphatic heterocycles. The number of rotatable bonds is 2. The Morgan fingerprint density at radius 3 is 2.70 bits per heavy atom. The van der Waals surface area contributed by atoms with Crippen LogP contribution in [0.3, 0.4) is 0 Å². The molecule has 5 heterocycles. The van der Waals surface area contributed by atoms with Gasteiger partial charge in [0.1, 0.15) is 0 Å². The molecule has 0 radical (unpaired) electrons. The highest BCUT2D eigenvalue weighted by molar-refractivity contribution is 5.61. The Bertz CT molecular complexity index is 870. The lowest BCUT2D eigenvalue weighted by Gasteiger charge is -2.47.